The van der Waals surface area contributed by atoms with Gasteiger partial charge in [-0.2, -0.15) is 0 Å². The third kappa shape index (κ3) is 5.52. The van der Waals surface area contributed by atoms with Crippen LogP contribution < -0.4 is 0 Å². The highest BCUT2D eigenvalue weighted by molar-refractivity contribution is 5.92. The van der Waals surface area contributed by atoms with Gasteiger partial charge in [-0.05, 0) is 64.3 Å². The van der Waals surface area contributed by atoms with E-state index >= 15 is 0 Å². The first-order valence-electron chi connectivity index (χ1n) is 9.64. The van der Waals surface area contributed by atoms with Gasteiger partial charge in [0, 0.05) is 30.3 Å². The van der Waals surface area contributed by atoms with Crippen LogP contribution in [0.15, 0.2) is 24.4 Å². The fourth-order valence-electron chi connectivity index (χ4n) is 3.36. The predicted octanol–water partition coefficient (Wildman–Crippen LogP) is 4.02. The minimum Gasteiger partial charge on any atom is -0.493 e. The summed E-state index contributed by atoms with van der Waals surface area (Å²) in [6, 6.07) is 5.07. The van der Waals surface area contributed by atoms with Crippen LogP contribution in [0.1, 0.15) is 56.1 Å². The van der Waals surface area contributed by atoms with Crippen molar-refractivity contribution in [3.63, 3.8) is 0 Å². The topological polar surface area (TPSA) is 82.9 Å². The number of esters is 1. The van der Waals surface area contributed by atoms with Crippen molar-refractivity contribution in [1.82, 2.24) is 9.88 Å². The largest absolute Gasteiger partial charge is 0.493 e. The van der Waals surface area contributed by atoms with Gasteiger partial charge in [0.05, 0.1) is 11.8 Å². The van der Waals surface area contributed by atoms with E-state index in [0.29, 0.717) is 28.8 Å². The lowest BCUT2D eigenvalue weighted by Gasteiger charge is -2.31. The number of aliphatic hydroxyl groups excluding tert-OH is 1. The zero-order valence-electron chi connectivity index (χ0n) is 17.7. The summed E-state index contributed by atoms with van der Waals surface area (Å²) in [6.07, 6.45) is -0.260. The van der Waals surface area contributed by atoms with Crippen LogP contribution in [0.5, 0.6) is 5.88 Å². The highest BCUT2D eigenvalue weighted by Gasteiger charge is 2.22. The van der Waals surface area contributed by atoms with Crippen molar-refractivity contribution < 1.29 is 24.1 Å². The van der Waals surface area contributed by atoms with Gasteiger partial charge in [0.2, 0.25) is 5.88 Å². The normalized spacial score (nSPS) is 12.7. The van der Waals surface area contributed by atoms with Crippen LogP contribution in [0.25, 0.3) is 11.1 Å². The fourth-order valence-corrected chi connectivity index (χ4v) is 3.36. The molecule has 0 fully saturated rings. The molecular weight excluding hydrogens is 375 g/mol. The van der Waals surface area contributed by atoms with E-state index in [9.17, 15) is 19.4 Å². The maximum absolute atomic E-state index is 14.5. The number of carbonyl (C=O) groups is 1. The van der Waals surface area contributed by atoms with Crippen molar-refractivity contribution in [3.8, 4) is 17.0 Å². The van der Waals surface area contributed by atoms with Crippen LogP contribution >= 0.6 is 0 Å². The molecule has 0 saturated carbocycles. The first kappa shape index (κ1) is 22.8. The van der Waals surface area contributed by atoms with E-state index < -0.39 is 18.1 Å². The van der Waals surface area contributed by atoms with Gasteiger partial charge < -0.3 is 14.9 Å². The average molecular weight is 404 g/mol. The van der Waals surface area contributed by atoms with Crippen LogP contribution in [0.2, 0.25) is 0 Å². The SMILES string of the molecule is Cc1cc(-c2cc(O)ncc2F)c(CN(C(C)C)C(C)C)cc1C(=O)OC(C)O. The first-order chi connectivity index (χ1) is 13.5. The number of rotatable bonds is 7. The monoisotopic (exact) mass is 404 g/mol. The van der Waals surface area contributed by atoms with Crippen LogP contribution in [0, 0.1) is 12.7 Å². The van der Waals surface area contributed by atoms with Crippen molar-refractivity contribution in [2.75, 3.05) is 0 Å². The van der Waals surface area contributed by atoms with Crippen LogP contribution in [-0.4, -0.2) is 44.4 Å². The molecule has 2 rings (SSSR count). The Hall–Kier alpha value is -2.51. The van der Waals surface area contributed by atoms with Gasteiger partial charge in [-0.1, -0.05) is 6.07 Å². The minimum atomic E-state index is -1.23. The molecule has 1 aromatic heterocycles. The molecule has 2 aromatic rings. The molecule has 0 aliphatic carbocycles. The highest BCUT2D eigenvalue weighted by Crippen LogP contribution is 2.32. The molecule has 6 nitrogen and oxygen atoms in total. The van der Waals surface area contributed by atoms with Gasteiger partial charge in [-0.25, -0.2) is 14.2 Å². The number of nitrogens with zero attached hydrogens (tertiary/aromatic N) is 2. The number of pyridine rings is 1. The summed E-state index contributed by atoms with van der Waals surface area (Å²) < 4.78 is 19.5. The average Bonchev–Trinajstić information content (AvgIpc) is 2.61. The lowest BCUT2D eigenvalue weighted by molar-refractivity contribution is -0.0523. The second-order valence-corrected chi connectivity index (χ2v) is 7.71. The minimum absolute atomic E-state index is 0.207. The van der Waals surface area contributed by atoms with Gasteiger partial charge in [0.15, 0.2) is 6.29 Å². The maximum atomic E-state index is 14.5. The summed E-state index contributed by atoms with van der Waals surface area (Å²) in [5, 5.41) is 19.2. The summed E-state index contributed by atoms with van der Waals surface area (Å²) in [4.78, 5) is 18.2. The number of aromatic hydroxyl groups is 1. The zero-order valence-corrected chi connectivity index (χ0v) is 17.7. The van der Waals surface area contributed by atoms with E-state index in [-0.39, 0.29) is 23.5 Å². The number of halogens is 1. The van der Waals surface area contributed by atoms with E-state index in [4.69, 9.17) is 4.74 Å². The first-order valence-corrected chi connectivity index (χ1v) is 9.64. The van der Waals surface area contributed by atoms with Gasteiger partial charge in [0.1, 0.15) is 5.82 Å². The Morgan fingerprint density at radius 2 is 1.76 bits per heavy atom. The van der Waals surface area contributed by atoms with Gasteiger partial charge >= 0.3 is 5.97 Å². The molecule has 1 heterocycles. The molecule has 2 N–H and O–H groups in total. The molecule has 0 bridgehead atoms. The molecule has 29 heavy (non-hydrogen) atoms. The third-order valence-electron chi connectivity index (χ3n) is 4.76. The Morgan fingerprint density at radius 3 is 2.31 bits per heavy atom. The van der Waals surface area contributed by atoms with Crippen molar-refractivity contribution in [3.05, 3.63) is 46.9 Å². The highest BCUT2D eigenvalue weighted by atomic mass is 19.1. The zero-order chi connectivity index (χ0) is 21.9. The molecule has 1 unspecified atom stereocenters. The van der Waals surface area contributed by atoms with Crippen molar-refractivity contribution in [1.29, 1.82) is 0 Å². The summed E-state index contributed by atoms with van der Waals surface area (Å²) in [6.45, 7) is 11.8. The lowest BCUT2D eigenvalue weighted by atomic mass is 9.93. The smallest absolute Gasteiger partial charge is 0.340 e. The van der Waals surface area contributed by atoms with Crippen LogP contribution in [-0.2, 0) is 11.3 Å². The molecule has 0 aliphatic rings. The Labute approximate surface area is 171 Å². The molecule has 1 atom stereocenters. The van der Waals surface area contributed by atoms with Gasteiger partial charge in [-0.3, -0.25) is 4.90 Å². The second-order valence-electron chi connectivity index (χ2n) is 7.71. The maximum Gasteiger partial charge on any atom is 0.340 e. The number of aromatic nitrogens is 1. The number of aryl methyl sites for hydroxylation is 1. The quantitative estimate of drug-likeness (QED) is 0.536. The van der Waals surface area contributed by atoms with E-state index in [1.807, 2.05) is 0 Å². The Balaban J connectivity index is 2.67. The van der Waals surface area contributed by atoms with Crippen molar-refractivity contribution in [2.45, 2.75) is 66.5 Å². The number of aliphatic hydroxyl groups is 1. The molecule has 7 heteroatoms. The third-order valence-corrected chi connectivity index (χ3v) is 4.76. The number of hydrogen-bond donors (Lipinski definition) is 2. The Morgan fingerprint density at radius 1 is 1.14 bits per heavy atom. The van der Waals surface area contributed by atoms with Crippen molar-refractivity contribution in [2.24, 2.45) is 0 Å². The second kappa shape index (κ2) is 9.33. The van der Waals surface area contributed by atoms with E-state index in [0.717, 1.165) is 6.20 Å². The molecular formula is C22H29FN2O4. The molecule has 0 saturated heterocycles. The molecule has 0 amide bonds. The van der Waals surface area contributed by atoms with Gasteiger partial charge in [0.25, 0.3) is 0 Å². The van der Waals surface area contributed by atoms with Gasteiger partial charge in [-0.15, -0.1) is 0 Å². The van der Waals surface area contributed by atoms with E-state index in [1.54, 1.807) is 19.1 Å². The van der Waals surface area contributed by atoms with Crippen LogP contribution in [0.4, 0.5) is 4.39 Å². The van der Waals surface area contributed by atoms with E-state index in [1.165, 1.54) is 13.0 Å². The Bertz CT molecular complexity index is 873. The molecule has 0 aliphatic heterocycles. The standard InChI is InChI=1S/C22H29FN2O4/c1-12(2)25(13(3)4)11-16-8-17(22(28)29-15(6)26)14(5)7-18(16)19-9-21(27)24-10-20(19)23/h7-10,12-13,15,26H,11H2,1-6H3,(H,24,27). The number of hydrogen-bond acceptors (Lipinski definition) is 6. The number of carbonyl (C=O) groups excluding carboxylic acids is 1. The summed E-state index contributed by atoms with van der Waals surface area (Å²) >= 11 is 0. The number of benzene rings is 1. The molecule has 158 valence electrons. The fraction of sp³-hybridized carbons (Fsp3) is 0.455. The van der Waals surface area contributed by atoms with Crippen molar-refractivity contribution >= 4 is 5.97 Å². The lowest BCUT2D eigenvalue weighted by Crippen LogP contribution is -2.36. The molecule has 0 spiro atoms. The summed E-state index contributed by atoms with van der Waals surface area (Å²) in [5.74, 6) is -1.50. The Kier molecular flexibility index (Phi) is 7.32. The molecule has 0 radical (unpaired) electrons. The summed E-state index contributed by atoms with van der Waals surface area (Å²) in [5.41, 5.74) is 2.36. The van der Waals surface area contributed by atoms with E-state index in [2.05, 4.69) is 37.6 Å². The van der Waals surface area contributed by atoms with Crippen LogP contribution in [0.3, 0.4) is 0 Å². The summed E-state index contributed by atoms with van der Waals surface area (Å²) in [7, 11) is 0. The number of ether oxygens (including phenoxy) is 1. The molecule has 1 aromatic carbocycles. The predicted molar refractivity (Wildman–Crippen MR) is 109 cm³/mol.